The van der Waals surface area contributed by atoms with Gasteiger partial charge in [0.2, 0.25) is 0 Å². The van der Waals surface area contributed by atoms with Crippen molar-refractivity contribution in [3.63, 3.8) is 0 Å². The average molecular weight is 289 g/mol. The van der Waals surface area contributed by atoms with Gasteiger partial charge in [-0.2, -0.15) is 0 Å². The highest BCUT2D eigenvalue weighted by molar-refractivity contribution is 5.86. The van der Waals surface area contributed by atoms with E-state index in [1.807, 2.05) is 31.2 Å². The van der Waals surface area contributed by atoms with E-state index in [4.69, 9.17) is 15.6 Å². The standard InChI is InChI=1S/C16H19NO4/c1-9-4-2-3-5-10(9)8-21-15(20)16(17)7-6-11-12(13(11)16)14(18)19/h2-5,11-13H,6-8,17H2,1H3,(H,18,19)/t11-,12-,13-,16-/m0/s1. The fraction of sp³-hybridized carbons (Fsp3) is 0.500. The predicted molar refractivity (Wildman–Crippen MR) is 75.2 cm³/mol. The Labute approximate surface area is 123 Å². The van der Waals surface area contributed by atoms with E-state index in [0.29, 0.717) is 12.8 Å². The van der Waals surface area contributed by atoms with E-state index in [0.717, 1.165) is 11.1 Å². The molecule has 4 atom stereocenters. The first kappa shape index (κ1) is 14.1. The molecule has 0 unspecified atom stereocenters. The average Bonchev–Trinajstić information content (AvgIpc) is 3.10. The summed E-state index contributed by atoms with van der Waals surface area (Å²) in [5.74, 6) is -2.03. The fourth-order valence-electron chi connectivity index (χ4n) is 3.63. The molecule has 0 radical (unpaired) electrons. The zero-order valence-electron chi connectivity index (χ0n) is 11.9. The smallest absolute Gasteiger partial charge is 0.326 e. The van der Waals surface area contributed by atoms with E-state index in [9.17, 15) is 9.59 Å². The topological polar surface area (TPSA) is 89.6 Å². The summed E-state index contributed by atoms with van der Waals surface area (Å²) in [7, 11) is 0. The Balaban J connectivity index is 1.66. The third kappa shape index (κ3) is 2.21. The molecule has 3 N–H and O–H groups in total. The molecule has 5 heteroatoms. The number of rotatable bonds is 4. The molecule has 2 fully saturated rings. The second kappa shape index (κ2) is 4.84. The normalized spacial score (nSPS) is 33.3. The molecule has 0 heterocycles. The fourth-order valence-corrected chi connectivity index (χ4v) is 3.63. The molecule has 0 aliphatic heterocycles. The third-order valence-corrected chi connectivity index (χ3v) is 4.94. The number of fused-ring (bicyclic) bond motifs is 1. The van der Waals surface area contributed by atoms with Crippen molar-refractivity contribution in [1.29, 1.82) is 0 Å². The molecule has 3 rings (SSSR count). The molecular formula is C16H19NO4. The van der Waals surface area contributed by atoms with Crippen LogP contribution in [-0.4, -0.2) is 22.6 Å². The van der Waals surface area contributed by atoms with Crippen LogP contribution in [0.1, 0.15) is 24.0 Å². The van der Waals surface area contributed by atoms with Crippen LogP contribution in [0.4, 0.5) is 0 Å². The summed E-state index contributed by atoms with van der Waals surface area (Å²) in [5, 5.41) is 9.11. The van der Waals surface area contributed by atoms with Gasteiger partial charge in [-0.05, 0) is 36.8 Å². The minimum Gasteiger partial charge on any atom is -0.481 e. The number of carboxylic acids is 1. The molecule has 2 saturated carbocycles. The number of aryl methyl sites for hydroxylation is 1. The number of hydrogen-bond donors (Lipinski definition) is 2. The summed E-state index contributed by atoms with van der Waals surface area (Å²) in [5.41, 5.74) is 7.04. The van der Waals surface area contributed by atoms with Crippen LogP contribution in [0.25, 0.3) is 0 Å². The van der Waals surface area contributed by atoms with Gasteiger partial charge in [0.15, 0.2) is 0 Å². The number of aliphatic carboxylic acids is 1. The van der Waals surface area contributed by atoms with Gasteiger partial charge in [0.05, 0.1) is 5.92 Å². The van der Waals surface area contributed by atoms with Crippen LogP contribution in [0.5, 0.6) is 0 Å². The van der Waals surface area contributed by atoms with E-state index in [1.54, 1.807) is 0 Å². The van der Waals surface area contributed by atoms with Crippen molar-refractivity contribution < 1.29 is 19.4 Å². The summed E-state index contributed by atoms with van der Waals surface area (Å²) < 4.78 is 5.36. The number of hydrogen-bond acceptors (Lipinski definition) is 4. The van der Waals surface area contributed by atoms with Crippen LogP contribution >= 0.6 is 0 Å². The van der Waals surface area contributed by atoms with Gasteiger partial charge < -0.3 is 15.6 Å². The van der Waals surface area contributed by atoms with Crippen LogP contribution in [0.15, 0.2) is 24.3 Å². The lowest BCUT2D eigenvalue weighted by Crippen LogP contribution is -2.50. The molecule has 0 bridgehead atoms. The first-order valence-corrected chi connectivity index (χ1v) is 7.18. The maximum Gasteiger partial charge on any atom is 0.326 e. The number of nitrogens with two attached hydrogens (primary N) is 1. The lowest BCUT2D eigenvalue weighted by molar-refractivity contribution is -0.153. The van der Waals surface area contributed by atoms with Gasteiger partial charge in [0, 0.05) is 5.92 Å². The van der Waals surface area contributed by atoms with Gasteiger partial charge in [-0.15, -0.1) is 0 Å². The van der Waals surface area contributed by atoms with E-state index >= 15 is 0 Å². The monoisotopic (exact) mass is 289 g/mol. The summed E-state index contributed by atoms with van der Waals surface area (Å²) in [4.78, 5) is 23.4. The molecule has 112 valence electrons. The number of benzene rings is 1. The summed E-state index contributed by atoms with van der Waals surface area (Å²) in [6.07, 6.45) is 1.20. The Hall–Kier alpha value is -1.88. The first-order chi connectivity index (χ1) is 9.95. The van der Waals surface area contributed by atoms with Gasteiger partial charge in [0.25, 0.3) is 0 Å². The van der Waals surface area contributed by atoms with E-state index in [1.165, 1.54) is 0 Å². The van der Waals surface area contributed by atoms with Gasteiger partial charge >= 0.3 is 11.9 Å². The summed E-state index contributed by atoms with van der Waals surface area (Å²) >= 11 is 0. The number of esters is 1. The highest BCUT2D eigenvalue weighted by Crippen LogP contribution is 2.61. The zero-order valence-corrected chi connectivity index (χ0v) is 11.9. The number of carbonyl (C=O) groups is 2. The van der Waals surface area contributed by atoms with Crippen molar-refractivity contribution >= 4 is 11.9 Å². The number of ether oxygens (including phenoxy) is 1. The minimum absolute atomic E-state index is 0.0403. The second-order valence-corrected chi connectivity index (χ2v) is 6.14. The highest BCUT2D eigenvalue weighted by atomic mass is 16.5. The van der Waals surface area contributed by atoms with Gasteiger partial charge in [-0.1, -0.05) is 24.3 Å². The van der Waals surface area contributed by atoms with Crippen LogP contribution in [-0.2, 0) is 20.9 Å². The molecule has 1 aromatic carbocycles. The van der Waals surface area contributed by atoms with E-state index < -0.39 is 23.4 Å². The Bertz CT molecular complexity index is 600. The molecular weight excluding hydrogens is 270 g/mol. The molecule has 1 aromatic rings. The molecule has 0 saturated heterocycles. The van der Waals surface area contributed by atoms with Crippen LogP contribution in [0, 0.1) is 24.7 Å². The molecule has 2 aliphatic rings. The molecule has 0 amide bonds. The molecule has 0 aromatic heterocycles. The van der Waals surface area contributed by atoms with Crippen molar-refractivity contribution in [3.05, 3.63) is 35.4 Å². The third-order valence-electron chi connectivity index (χ3n) is 4.94. The lowest BCUT2D eigenvalue weighted by atomic mass is 9.91. The zero-order chi connectivity index (χ0) is 15.2. The van der Waals surface area contributed by atoms with E-state index in [-0.39, 0.29) is 18.4 Å². The minimum atomic E-state index is -1.13. The Kier molecular flexibility index (Phi) is 3.24. The quantitative estimate of drug-likeness (QED) is 0.819. The Morgan fingerprint density at radius 1 is 1.43 bits per heavy atom. The number of carbonyl (C=O) groups excluding carboxylic acids is 1. The van der Waals surface area contributed by atoms with Crippen molar-refractivity contribution in [1.82, 2.24) is 0 Å². The van der Waals surface area contributed by atoms with E-state index in [2.05, 4.69) is 0 Å². The van der Waals surface area contributed by atoms with Gasteiger partial charge in [-0.25, -0.2) is 0 Å². The van der Waals surface area contributed by atoms with Crippen molar-refractivity contribution in [3.8, 4) is 0 Å². The van der Waals surface area contributed by atoms with Crippen LogP contribution in [0.2, 0.25) is 0 Å². The van der Waals surface area contributed by atoms with Crippen molar-refractivity contribution in [2.45, 2.75) is 31.9 Å². The molecule has 0 spiro atoms. The number of carboxylic acid groups (broad SMARTS) is 1. The highest BCUT2D eigenvalue weighted by Gasteiger charge is 2.70. The Morgan fingerprint density at radius 3 is 2.76 bits per heavy atom. The van der Waals surface area contributed by atoms with Crippen molar-refractivity contribution in [2.24, 2.45) is 23.5 Å². The molecule has 5 nitrogen and oxygen atoms in total. The lowest BCUT2D eigenvalue weighted by Gasteiger charge is -2.24. The second-order valence-electron chi connectivity index (χ2n) is 6.14. The largest absolute Gasteiger partial charge is 0.481 e. The van der Waals surface area contributed by atoms with Gasteiger partial charge in [0.1, 0.15) is 12.1 Å². The Morgan fingerprint density at radius 2 is 2.14 bits per heavy atom. The summed E-state index contributed by atoms with van der Waals surface area (Å²) in [6.45, 7) is 2.13. The molecule has 21 heavy (non-hydrogen) atoms. The summed E-state index contributed by atoms with van der Waals surface area (Å²) in [6, 6.07) is 7.67. The first-order valence-electron chi connectivity index (χ1n) is 7.18. The maximum atomic E-state index is 12.3. The van der Waals surface area contributed by atoms with Crippen LogP contribution in [0.3, 0.4) is 0 Å². The van der Waals surface area contributed by atoms with Crippen molar-refractivity contribution in [2.75, 3.05) is 0 Å². The SMILES string of the molecule is Cc1ccccc1COC(=O)[C@]1(N)CC[C@H]2[C@H](C(=O)O)[C@H]21. The van der Waals surface area contributed by atoms with Gasteiger partial charge in [-0.3, -0.25) is 9.59 Å². The maximum absolute atomic E-state index is 12.3. The van der Waals surface area contributed by atoms with Crippen LogP contribution < -0.4 is 5.73 Å². The molecule has 2 aliphatic carbocycles. The predicted octanol–water partition coefficient (Wildman–Crippen LogP) is 1.48.